The fourth-order valence-electron chi connectivity index (χ4n) is 2.43. The molecule has 0 saturated carbocycles. The number of rotatable bonds is 3. The average molecular weight is 353 g/mol. The molecule has 0 spiro atoms. The van der Waals surface area contributed by atoms with E-state index in [1.807, 2.05) is 41.8 Å². The van der Waals surface area contributed by atoms with E-state index >= 15 is 0 Å². The van der Waals surface area contributed by atoms with Crippen LogP contribution in [0.2, 0.25) is 0 Å². The summed E-state index contributed by atoms with van der Waals surface area (Å²) in [5.41, 5.74) is 9.11. The number of aromatic nitrogens is 2. The highest BCUT2D eigenvalue weighted by atomic mass is 32.1. The van der Waals surface area contributed by atoms with E-state index in [2.05, 4.69) is 4.98 Å². The molecule has 118 valence electrons. The minimum Gasteiger partial charge on any atom is -0.375 e. The van der Waals surface area contributed by atoms with Gasteiger partial charge in [-0.05, 0) is 17.7 Å². The minimum atomic E-state index is -0.264. The van der Waals surface area contributed by atoms with Gasteiger partial charge in [0.1, 0.15) is 16.5 Å². The van der Waals surface area contributed by atoms with Crippen molar-refractivity contribution >= 4 is 27.8 Å². The third kappa shape index (κ3) is 2.81. The van der Waals surface area contributed by atoms with Crippen molar-refractivity contribution in [1.29, 1.82) is 0 Å². The summed E-state index contributed by atoms with van der Waals surface area (Å²) in [6, 6.07) is 16.4. The monoisotopic (exact) mass is 353 g/mol. The smallest absolute Gasteiger partial charge is 0.180 e. The van der Waals surface area contributed by atoms with Crippen LogP contribution in [-0.2, 0) is 0 Å². The Bertz CT molecular complexity index is 992. The molecule has 0 atom stereocenters. The summed E-state index contributed by atoms with van der Waals surface area (Å²) in [5.74, 6) is -0.264. The Morgan fingerprint density at radius 3 is 2.42 bits per heavy atom. The van der Waals surface area contributed by atoms with E-state index in [0.29, 0.717) is 5.13 Å². The van der Waals surface area contributed by atoms with Gasteiger partial charge in [0.2, 0.25) is 0 Å². The first-order valence-electron chi connectivity index (χ1n) is 7.24. The van der Waals surface area contributed by atoms with E-state index in [0.717, 1.165) is 32.4 Å². The van der Waals surface area contributed by atoms with Crippen LogP contribution in [0.3, 0.4) is 0 Å². The number of nitrogen functional groups attached to an aromatic ring is 1. The van der Waals surface area contributed by atoms with Crippen LogP contribution in [-0.4, -0.2) is 9.97 Å². The molecule has 2 aromatic heterocycles. The van der Waals surface area contributed by atoms with Crippen LogP contribution in [0.15, 0.2) is 60.0 Å². The fraction of sp³-hybridized carbons (Fsp3) is 0. The molecule has 0 radical (unpaired) electrons. The van der Waals surface area contributed by atoms with Crippen LogP contribution >= 0.6 is 22.7 Å². The Hall–Kier alpha value is -2.57. The number of anilines is 1. The normalized spacial score (nSPS) is 10.9. The van der Waals surface area contributed by atoms with Crippen LogP contribution in [0.4, 0.5) is 9.52 Å². The number of nitrogens with two attached hydrogens (primary N) is 1. The Morgan fingerprint density at radius 1 is 0.917 bits per heavy atom. The van der Waals surface area contributed by atoms with Crippen molar-refractivity contribution in [1.82, 2.24) is 9.97 Å². The van der Waals surface area contributed by atoms with Gasteiger partial charge >= 0.3 is 0 Å². The number of hydrogen-bond acceptors (Lipinski definition) is 5. The standard InChI is InChI=1S/C18H12FN3S2/c19-13-8-4-7-12(9-13)16-15(11-5-2-1-3-6-11)22-17(24-16)14-10-23-18(20)21-14/h1-10H,(H2,20,21). The lowest BCUT2D eigenvalue weighted by atomic mass is 10.1. The number of thiazole rings is 2. The predicted octanol–water partition coefficient (Wildman–Crippen LogP) is 5.32. The van der Waals surface area contributed by atoms with Gasteiger partial charge < -0.3 is 5.73 Å². The van der Waals surface area contributed by atoms with Crippen molar-refractivity contribution in [3.05, 3.63) is 65.8 Å². The van der Waals surface area contributed by atoms with Crippen molar-refractivity contribution in [3.8, 4) is 32.4 Å². The lowest BCUT2D eigenvalue weighted by molar-refractivity contribution is 0.628. The Kier molecular flexibility index (Phi) is 3.84. The molecule has 6 heteroatoms. The van der Waals surface area contributed by atoms with Crippen LogP contribution in [0.25, 0.3) is 32.4 Å². The SMILES string of the molecule is Nc1nc(-c2nc(-c3ccccc3)c(-c3cccc(F)c3)s2)cs1. The largest absolute Gasteiger partial charge is 0.375 e. The number of hydrogen-bond donors (Lipinski definition) is 1. The van der Waals surface area contributed by atoms with E-state index in [1.165, 1.54) is 34.8 Å². The molecule has 0 aliphatic carbocycles. The summed E-state index contributed by atoms with van der Waals surface area (Å²) in [5, 5.41) is 3.17. The Balaban J connectivity index is 1.92. The van der Waals surface area contributed by atoms with Crippen molar-refractivity contribution in [2.24, 2.45) is 0 Å². The molecule has 0 aliphatic rings. The average Bonchev–Trinajstić information content (AvgIpc) is 3.22. The quantitative estimate of drug-likeness (QED) is 0.542. The summed E-state index contributed by atoms with van der Waals surface area (Å²) in [4.78, 5) is 9.98. The van der Waals surface area contributed by atoms with Crippen molar-refractivity contribution in [2.45, 2.75) is 0 Å². The van der Waals surface area contributed by atoms with Gasteiger partial charge in [-0.15, -0.1) is 22.7 Å². The molecule has 0 amide bonds. The zero-order valence-electron chi connectivity index (χ0n) is 12.4. The maximum absolute atomic E-state index is 13.7. The molecular weight excluding hydrogens is 341 g/mol. The van der Waals surface area contributed by atoms with E-state index in [4.69, 9.17) is 10.7 Å². The molecule has 0 bridgehead atoms. The molecule has 0 aliphatic heterocycles. The number of halogens is 1. The zero-order chi connectivity index (χ0) is 16.5. The molecule has 24 heavy (non-hydrogen) atoms. The number of benzene rings is 2. The molecule has 0 unspecified atom stereocenters. The molecule has 4 aromatic rings. The summed E-state index contributed by atoms with van der Waals surface area (Å²) in [6.45, 7) is 0. The molecule has 3 nitrogen and oxygen atoms in total. The third-order valence-corrected chi connectivity index (χ3v) is 5.30. The van der Waals surface area contributed by atoms with Crippen LogP contribution in [0.1, 0.15) is 0 Å². The zero-order valence-corrected chi connectivity index (χ0v) is 14.1. The van der Waals surface area contributed by atoms with Crippen LogP contribution < -0.4 is 5.73 Å². The van der Waals surface area contributed by atoms with Crippen LogP contribution in [0, 0.1) is 5.82 Å². The van der Waals surface area contributed by atoms with E-state index in [1.54, 1.807) is 6.07 Å². The number of nitrogens with zero attached hydrogens (tertiary/aromatic N) is 2. The van der Waals surface area contributed by atoms with E-state index in [-0.39, 0.29) is 5.82 Å². The van der Waals surface area contributed by atoms with Gasteiger partial charge in [-0.25, -0.2) is 14.4 Å². The first-order valence-corrected chi connectivity index (χ1v) is 8.94. The molecular formula is C18H12FN3S2. The van der Waals surface area contributed by atoms with Crippen molar-refractivity contribution in [3.63, 3.8) is 0 Å². The van der Waals surface area contributed by atoms with Gasteiger partial charge in [-0.1, -0.05) is 42.5 Å². The van der Waals surface area contributed by atoms with E-state index in [9.17, 15) is 4.39 Å². The summed E-state index contributed by atoms with van der Waals surface area (Å²) in [7, 11) is 0. The Morgan fingerprint density at radius 2 is 1.71 bits per heavy atom. The molecule has 2 N–H and O–H groups in total. The molecule has 4 rings (SSSR count). The highest BCUT2D eigenvalue weighted by Gasteiger charge is 2.17. The lowest BCUT2D eigenvalue weighted by Gasteiger charge is -2.02. The minimum absolute atomic E-state index is 0.264. The molecule has 2 heterocycles. The summed E-state index contributed by atoms with van der Waals surface area (Å²) >= 11 is 2.88. The second kappa shape index (κ2) is 6.14. The lowest BCUT2D eigenvalue weighted by Crippen LogP contribution is -1.84. The van der Waals surface area contributed by atoms with Gasteiger partial charge in [0.05, 0.1) is 10.6 Å². The van der Waals surface area contributed by atoms with Crippen molar-refractivity contribution in [2.75, 3.05) is 5.73 Å². The molecule has 2 aromatic carbocycles. The molecule has 0 saturated heterocycles. The van der Waals surface area contributed by atoms with Gasteiger partial charge in [-0.3, -0.25) is 0 Å². The van der Waals surface area contributed by atoms with Crippen molar-refractivity contribution < 1.29 is 4.39 Å². The van der Waals surface area contributed by atoms with Gasteiger partial charge in [-0.2, -0.15) is 0 Å². The second-order valence-corrected chi connectivity index (χ2v) is 7.03. The highest BCUT2D eigenvalue weighted by molar-refractivity contribution is 7.19. The fourth-order valence-corrected chi connectivity index (χ4v) is 4.10. The predicted molar refractivity (Wildman–Crippen MR) is 98.5 cm³/mol. The maximum atomic E-state index is 13.7. The first kappa shape index (κ1) is 15.0. The second-order valence-electron chi connectivity index (χ2n) is 5.14. The highest BCUT2D eigenvalue weighted by Crippen LogP contribution is 2.40. The third-order valence-electron chi connectivity index (χ3n) is 3.50. The summed E-state index contributed by atoms with van der Waals surface area (Å²) in [6.07, 6.45) is 0. The molecule has 0 fully saturated rings. The maximum Gasteiger partial charge on any atom is 0.180 e. The van der Waals surface area contributed by atoms with Gasteiger partial charge in [0.15, 0.2) is 5.13 Å². The Labute approximate surface area is 146 Å². The van der Waals surface area contributed by atoms with Gasteiger partial charge in [0.25, 0.3) is 0 Å². The summed E-state index contributed by atoms with van der Waals surface area (Å²) < 4.78 is 13.7. The first-order chi connectivity index (χ1) is 11.7. The van der Waals surface area contributed by atoms with Gasteiger partial charge in [0, 0.05) is 10.9 Å². The topological polar surface area (TPSA) is 51.8 Å². The van der Waals surface area contributed by atoms with E-state index < -0.39 is 0 Å². The van der Waals surface area contributed by atoms with Crippen LogP contribution in [0.5, 0.6) is 0 Å².